The fourth-order valence-corrected chi connectivity index (χ4v) is 2.84. The van der Waals surface area contributed by atoms with E-state index >= 15 is 0 Å². The molecule has 10 atom stereocenters. The molecular formula is C12H23N3O8. The maximum absolute atomic E-state index is 11.1. The highest BCUT2D eigenvalue weighted by Crippen LogP contribution is 2.27. The predicted octanol–water partition coefficient (Wildman–Crippen LogP) is -4.99. The van der Waals surface area contributed by atoms with E-state index in [1.54, 1.807) is 0 Å². The zero-order valence-electron chi connectivity index (χ0n) is 12.2. The van der Waals surface area contributed by atoms with Gasteiger partial charge in [0.1, 0.15) is 24.4 Å². The van der Waals surface area contributed by atoms with E-state index in [9.17, 15) is 25.2 Å². The maximum atomic E-state index is 11.1. The first kappa shape index (κ1) is 18.4. The van der Waals surface area contributed by atoms with Gasteiger partial charge in [0.15, 0.2) is 12.4 Å². The van der Waals surface area contributed by atoms with Gasteiger partial charge in [-0.3, -0.25) is 0 Å². The number of aliphatic carboxylic acids is 1. The van der Waals surface area contributed by atoms with Crippen LogP contribution in [-0.2, 0) is 14.3 Å². The number of aliphatic hydroxyl groups is 4. The fourth-order valence-electron chi connectivity index (χ4n) is 2.84. The van der Waals surface area contributed by atoms with Gasteiger partial charge in [0.05, 0.1) is 12.1 Å². The van der Waals surface area contributed by atoms with E-state index in [0.29, 0.717) is 0 Å². The largest absolute Gasteiger partial charge is 0.479 e. The Kier molecular flexibility index (Phi) is 5.56. The summed E-state index contributed by atoms with van der Waals surface area (Å²) in [6.07, 6.45) is -10.2. The average molecular weight is 337 g/mol. The predicted molar refractivity (Wildman–Crippen MR) is 73.7 cm³/mol. The van der Waals surface area contributed by atoms with Gasteiger partial charge in [0.25, 0.3) is 0 Å². The highest BCUT2D eigenvalue weighted by molar-refractivity contribution is 5.73. The van der Waals surface area contributed by atoms with Gasteiger partial charge in [0, 0.05) is 12.1 Å². The SMILES string of the molecule is NC1[C@@H](O[C@@H]2C(N)C[C@@H](N)C(O)[C@H]2O)OC(C(=O)O)[C@@H](O)[C@@H]1O. The van der Waals surface area contributed by atoms with Crippen LogP contribution in [0.3, 0.4) is 0 Å². The van der Waals surface area contributed by atoms with Crippen LogP contribution in [0.2, 0.25) is 0 Å². The van der Waals surface area contributed by atoms with Crippen molar-refractivity contribution in [3.8, 4) is 0 Å². The van der Waals surface area contributed by atoms with Crippen molar-refractivity contribution in [1.82, 2.24) is 0 Å². The molecule has 2 fully saturated rings. The minimum Gasteiger partial charge on any atom is -0.479 e. The Hall–Kier alpha value is -0.890. The van der Waals surface area contributed by atoms with E-state index in [2.05, 4.69) is 0 Å². The summed E-state index contributed by atoms with van der Waals surface area (Å²) in [7, 11) is 0. The minimum absolute atomic E-state index is 0.151. The van der Waals surface area contributed by atoms with E-state index in [1.165, 1.54) is 0 Å². The topological polar surface area (TPSA) is 215 Å². The summed E-state index contributed by atoms with van der Waals surface area (Å²) >= 11 is 0. The number of hydrogen-bond acceptors (Lipinski definition) is 10. The van der Waals surface area contributed by atoms with E-state index in [4.69, 9.17) is 31.8 Å². The van der Waals surface area contributed by atoms with Gasteiger partial charge >= 0.3 is 5.97 Å². The summed E-state index contributed by atoms with van der Waals surface area (Å²) < 4.78 is 10.5. The third kappa shape index (κ3) is 3.47. The number of carbonyl (C=O) groups is 1. The lowest BCUT2D eigenvalue weighted by atomic mass is 9.84. The van der Waals surface area contributed by atoms with Gasteiger partial charge in [-0.1, -0.05) is 0 Å². The quantitative estimate of drug-likeness (QED) is 0.244. The van der Waals surface area contributed by atoms with E-state index in [0.717, 1.165) is 0 Å². The van der Waals surface area contributed by atoms with Gasteiger partial charge in [0.2, 0.25) is 0 Å². The van der Waals surface area contributed by atoms with Crippen LogP contribution >= 0.6 is 0 Å². The zero-order chi connectivity index (χ0) is 17.5. The molecule has 11 nitrogen and oxygen atoms in total. The molecule has 1 saturated carbocycles. The second-order valence-corrected chi connectivity index (χ2v) is 5.97. The van der Waals surface area contributed by atoms with Gasteiger partial charge < -0.3 is 52.2 Å². The Morgan fingerprint density at radius 3 is 2.13 bits per heavy atom. The number of aliphatic hydroxyl groups excluding tert-OH is 4. The molecule has 0 aromatic carbocycles. The first-order chi connectivity index (χ1) is 10.6. The fraction of sp³-hybridized carbons (Fsp3) is 0.917. The van der Waals surface area contributed by atoms with Crippen molar-refractivity contribution in [3.63, 3.8) is 0 Å². The molecule has 11 N–H and O–H groups in total. The van der Waals surface area contributed by atoms with Crippen LogP contribution < -0.4 is 17.2 Å². The summed E-state index contributed by atoms with van der Waals surface area (Å²) in [5.41, 5.74) is 17.2. The summed E-state index contributed by atoms with van der Waals surface area (Å²) in [5.74, 6) is -1.51. The number of ether oxygens (including phenoxy) is 2. The van der Waals surface area contributed by atoms with Gasteiger partial charge in [-0.15, -0.1) is 0 Å². The van der Waals surface area contributed by atoms with Crippen molar-refractivity contribution in [2.45, 2.75) is 67.5 Å². The van der Waals surface area contributed by atoms with Crippen molar-refractivity contribution in [3.05, 3.63) is 0 Å². The monoisotopic (exact) mass is 337 g/mol. The maximum Gasteiger partial charge on any atom is 0.335 e. The van der Waals surface area contributed by atoms with Crippen LogP contribution in [0.25, 0.3) is 0 Å². The van der Waals surface area contributed by atoms with Crippen LogP contribution in [0.5, 0.6) is 0 Å². The molecule has 4 unspecified atom stereocenters. The molecule has 0 aromatic rings. The van der Waals surface area contributed by atoms with Gasteiger partial charge in [-0.2, -0.15) is 0 Å². The van der Waals surface area contributed by atoms with Gasteiger partial charge in [-0.05, 0) is 6.42 Å². The van der Waals surface area contributed by atoms with Crippen LogP contribution in [0, 0.1) is 0 Å². The van der Waals surface area contributed by atoms with Crippen molar-refractivity contribution >= 4 is 5.97 Å². The Labute approximate surface area is 131 Å². The average Bonchev–Trinajstić information content (AvgIpc) is 2.48. The van der Waals surface area contributed by atoms with Crippen LogP contribution in [0.15, 0.2) is 0 Å². The molecule has 0 amide bonds. The number of carboxylic acid groups (broad SMARTS) is 1. The zero-order valence-corrected chi connectivity index (χ0v) is 12.2. The molecule has 134 valence electrons. The van der Waals surface area contributed by atoms with Crippen LogP contribution in [0.4, 0.5) is 0 Å². The third-order valence-electron chi connectivity index (χ3n) is 4.28. The second kappa shape index (κ2) is 6.93. The molecule has 2 aliphatic rings. The normalized spacial score (nSPS) is 51.4. The third-order valence-corrected chi connectivity index (χ3v) is 4.28. The molecule has 1 heterocycles. The first-order valence-corrected chi connectivity index (χ1v) is 7.18. The molecule has 23 heavy (non-hydrogen) atoms. The van der Waals surface area contributed by atoms with Crippen molar-refractivity contribution in [2.75, 3.05) is 0 Å². The number of nitrogens with two attached hydrogens (primary N) is 3. The van der Waals surface area contributed by atoms with E-state index in [-0.39, 0.29) is 6.42 Å². The molecular weight excluding hydrogens is 314 g/mol. The molecule has 0 aromatic heterocycles. The lowest BCUT2D eigenvalue weighted by Gasteiger charge is -2.45. The lowest BCUT2D eigenvalue weighted by molar-refractivity contribution is -0.287. The number of hydrogen-bond donors (Lipinski definition) is 8. The van der Waals surface area contributed by atoms with Gasteiger partial charge in [-0.25, -0.2) is 4.79 Å². The molecule has 0 radical (unpaired) electrons. The minimum atomic E-state index is -1.75. The van der Waals surface area contributed by atoms with Crippen LogP contribution in [-0.4, -0.2) is 92.5 Å². The summed E-state index contributed by atoms with van der Waals surface area (Å²) in [5, 5.41) is 48.3. The van der Waals surface area contributed by atoms with Crippen molar-refractivity contribution in [2.24, 2.45) is 17.2 Å². The summed E-state index contributed by atoms with van der Waals surface area (Å²) in [6, 6.07) is -2.76. The smallest absolute Gasteiger partial charge is 0.335 e. The molecule has 0 spiro atoms. The highest BCUT2D eigenvalue weighted by atomic mass is 16.7. The molecule has 1 aliphatic carbocycles. The molecule has 2 rings (SSSR count). The first-order valence-electron chi connectivity index (χ1n) is 7.18. The highest BCUT2D eigenvalue weighted by Gasteiger charge is 2.49. The molecule has 1 saturated heterocycles. The van der Waals surface area contributed by atoms with Crippen molar-refractivity contribution in [1.29, 1.82) is 0 Å². The Morgan fingerprint density at radius 1 is 0.957 bits per heavy atom. The second-order valence-electron chi connectivity index (χ2n) is 5.97. The Morgan fingerprint density at radius 2 is 1.57 bits per heavy atom. The molecule has 0 bridgehead atoms. The Balaban J connectivity index is 2.12. The van der Waals surface area contributed by atoms with Crippen molar-refractivity contribution < 1.29 is 39.8 Å². The lowest BCUT2D eigenvalue weighted by Crippen LogP contribution is -2.67. The van der Waals surface area contributed by atoms with Crippen LogP contribution in [0.1, 0.15) is 6.42 Å². The summed E-state index contributed by atoms with van der Waals surface area (Å²) in [6.45, 7) is 0. The number of carboxylic acids is 1. The van der Waals surface area contributed by atoms with E-state index in [1.807, 2.05) is 0 Å². The molecule has 11 heteroatoms. The summed E-state index contributed by atoms with van der Waals surface area (Å²) in [4.78, 5) is 11.1. The Bertz CT molecular complexity index is 441. The number of rotatable bonds is 3. The standard InChI is InChI=1S/C12H23N3O8/c13-2-1-3(14)9(7(18)5(2)16)22-12-4(15)6(17)8(19)10(23-12)11(20)21/h2-10,12,16-19H,1,13-15H2,(H,20,21)/t2-,3?,4?,5?,6-,7-,8+,9-,10?,12+/m1/s1. The van der Waals surface area contributed by atoms with E-state index < -0.39 is 67.0 Å². The molecule has 1 aliphatic heterocycles.